The first kappa shape index (κ1) is 16.9. The minimum absolute atomic E-state index is 0.00645. The minimum atomic E-state index is -1.12. The average Bonchev–Trinajstić information content (AvgIpc) is 2.98. The van der Waals surface area contributed by atoms with Gasteiger partial charge in [-0.1, -0.05) is 36.4 Å². The molecule has 7 nitrogen and oxygen atoms in total. The van der Waals surface area contributed by atoms with Crippen LogP contribution in [0.25, 0.3) is 27.1 Å². The molecule has 2 aromatic carbocycles. The molecule has 0 aliphatic heterocycles. The van der Waals surface area contributed by atoms with Crippen molar-refractivity contribution in [2.45, 2.75) is 0 Å². The van der Waals surface area contributed by atoms with Gasteiger partial charge in [-0.05, 0) is 17.2 Å². The molecule has 7 heteroatoms. The molecule has 3 aromatic rings. The summed E-state index contributed by atoms with van der Waals surface area (Å²) in [6.45, 7) is 7.28. The molecule has 0 saturated carbocycles. The van der Waals surface area contributed by atoms with E-state index in [4.69, 9.17) is 6.57 Å². The fraction of sp³-hybridized carbons (Fsp3) is 0.0526. The van der Waals surface area contributed by atoms with E-state index >= 15 is 0 Å². The van der Waals surface area contributed by atoms with Gasteiger partial charge in [0.25, 0.3) is 5.69 Å². The molecular formula is C19H13N3O4. The Bertz CT molecular complexity index is 1060. The van der Waals surface area contributed by atoms with Crippen molar-refractivity contribution in [2.75, 3.05) is 0 Å². The summed E-state index contributed by atoms with van der Waals surface area (Å²) in [5.74, 6) is -1.12. The summed E-state index contributed by atoms with van der Waals surface area (Å²) in [6.07, 6.45) is 1.47. The van der Waals surface area contributed by atoms with Crippen LogP contribution in [-0.4, -0.2) is 20.6 Å². The normalized spacial score (nSPS) is 10.3. The number of carboxylic acid groups (broad SMARTS) is 1. The van der Waals surface area contributed by atoms with Gasteiger partial charge in [0.1, 0.15) is 5.69 Å². The topological polar surface area (TPSA) is 89.7 Å². The standard InChI is InChI=1S/C19H13N3O4/c1-20-15-11-21(2)18(19(23)24)17(15)13-9-7-12(8-10-13)14-5-3-4-6-16(14)22(25)26/h3-11H,2H3,(H,23,24). The van der Waals surface area contributed by atoms with Crippen molar-refractivity contribution in [1.82, 2.24) is 4.57 Å². The van der Waals surface area contributed by atoms with E-state index in [2.05, 4.69) is 4.85 Å². The van der Waals surface area contributed by atoms with E-state index in [1.165, 1.54) is 16.8 Å². The molecule has 0 unspecified atom stereocenters. The summed E-state index contributed by atoms with van der Waals surface area (Å²) in [6, 6.07) is 13.1. The van der Waals surface area contributed by atoms with Crippen LogP contribution < -0.4 is 0 Å². The van der Waals surface area contributed by atoms with Crippen molar-refractivity contribution in [1.29, 1.82) is 0 Å². The van der Waals surface area contributed by atoms with Gasteiger partial charge in [0.05, 0.1) is 17.1 Å². The monoisotopic (exact) mass is 347 g/mol. The second kappa shape index (κ2) is 6.53. The fourth-order valence-electron chi connectivity index (χ4n) is 2.93. The first-order valence-corrected chi connectivity index (χ1v) is 7.58. The number of aryl methyl sites for hydroxylation is 1. The van der Waals surface area contributed by atoms with Gasteiger partial charge in [0.2, 0.25) is 5.69 Å². The predicted octanol–water partition coefficient (Wildman–Crippen LogP) is 4.52. The highest BCUT2D eigenvalue weighted by molar-refractivity contribution is 5.99. The molecule has 0 saturated heterocycles. The van der Waals surface area contributed by atoms with Crippen LogP contribution in [0.4, 0.5) is 11.4 Å². The fourth-order valence-corrected chi connectivity index (χ4v) is 2.93. The molecule has 26 heavy (non-hydrogen) atoms. The third-order valence-electron chi connectivity index (χ3n) is 4.07. The summed E-state index contributed by atoms with van der Waals surface area (Å²) < 4.78 is 1.40. The number of hydrogen-bond acceptors (Lipinski definition) is 3. The molecule has 0 bridgehead atoms. The van der Waals surface area contributed by atoms with Crippen molar-refractivity contribution in [3.8, 4) is 22.3 Å². The highest BCUT2D eigenvalue weighted by Crippen LogP contribution is 2.37. The van der Waals surface area contributed by atoms with Crippen molar-refractivity contribution in [3.63, 3.8) is 0 Å². The number of nitro groups is 1. The summed E-state index contributed by atoms with van der Waals surface area (Å²) >= 11 is 0. The Morgan fingerprint density at radius 2 is 1.77 bits per heavy atom. The Hall–Kier alpha value is -3.92. The lowest BCUT2D eigenvalue weighted by Gasteiger charge is -2.07. The molecule has 0 aliphatic rings. The zero-order valence-electron chi connectivity index (χ0n) is 13.7. The second-order valence-corrected chi connectivity index (χ2v) is 5.62. The van der Waals surface area contributed by atoms with Crippen molar-refractivity contribution >= 4 is 17.3 Å². The number of carboxylic acids is 1. The first-order chi connectivity index (χ1) is 12.4. The van der Waals surface area contributed by atoms with Gasteiger partial charge in [0, 0.05) is 24.9 Å². The van der Waals surface area contributed by atoms with Crippen LogP contribution in [0.1, 0.15) is 10.5 Å². The lowest BCUT2D eigenvalue weighted by Crippen LogP contribution is -2.05. The molecular weight excluding hydrogens is 334 g/mol. The average molecular weight is 347 g/mol. The molecule has 3 rings (SSSR count). The number of hydrogen-bond donors (Lipinski definition) is 1. The molecule has 128 valence electrons. The molecule has 0 spiro atoms. The Morgan fingerprint density at radius 3 is 2.35 bits per heavy atom. The van der Waals surface area contributed by atoms with Crippen molar-refractivity contribution < 1.29 is 14.8 Å². The van der Waals surface area contributed by atoms with Crippen LogP contribution in [0.15, 0.2) is 54.7 Å². The summed E-state index contributed by atoms with van der Waals surface area (Å²) in [5.41, 5.74) is 2.27. The molecule has 0 atom stereocenters. The van der Waals surface area contributed by atoms with Gasteiger partial charge in [-0.15, -0.1) is 0 Å². The highest BCUT2D eigenvalue weighted by Gasteiger charge is 2.21. The van der Waals surface area contributed by atoms with E-state index < -0.39 is 10.9 Å². The summed E-state index contributed by atoms with van der Waals surface area (Å²) in [5, 5.41) is 20.6. The molecule has 0 amide bonds. The SMILES string of the molecule is [C-]#[N+]c1cn(C)c(C(=O)O)c1-c1ccc(-c2ccccc2[N+](=O)[O-])cc1. The van der Waals surface area contributed by atoms with Crippen LogP contribution in [0.3, 0.4) is 0 Å². The van der Waals surface area contributed by atoms with Crippen LogP contribution in [0, 0.1) is 16.7 Å². The Balaban J connectivity index is 2.12. The third-order valence-corrected chi connectivity index (χ3v) is 4.07. The maximum absolute atomic E-state index is 11.6. The van der Waals surface area contributed by atoms with Gasteiger partial charge >= 0.3 is 5.97 Å². The van der Waals surface area contributed by atoms with Gasteiger partial charge in [-0.25, -0.2) is 9.64 Å². The molecule has 1 aromatic heterocycles. The number of benzene rings is 2. The van der Waals surface area contributed by atoms with Crippen LogP contribution in [0.5, 0.6) is 0 Å². The molecule has 1 N–H and O–H groups in total. The van der Waals surface area contributed by atoms with Crippen LogP contribution in [-0.2, 0) is 7.05 Å². The highest BCUT2D eigenvalue weighted by atomic mass is 16.6. The van der Waals surface area contributed by atoms with Gasteiger partial charge in [-0.3, -0.25) is 10.1 Å². The number of para-hydroxylation sites is 1. The lowest BCUT2D eigenvalue weighted by atomic mass is 9.98. The van der Waals surface area contributed by atoms with Crippen molar-refractivity contribution in [2.24, 2.45) is 7.05 Å². The number of rotatable bonds is 4. The van der Waals surface area contributed by atoms with E-state index in [1.807, 2.05) is 0 Å². The summed E-state index contributed by atoms with van der Waals surface area (Å²) in [4.78, 5) is 25.7. The van der Waals surface area contributed by atoms with E-state index in [0.29, 0.717) is 22.3 Å². The van der Waals surface area contributed by atoms with E-state index in [0.717, 1.165) is 0 Å². The maximum atomic E-state index is 11.6. The Morgan fingerprint density at radius 1 is 1.15 bits per heavy atom. The molecule has 0 fully saturated rings. The number of carbonyl (C=O) groups is 1. The molecule has 0 aliphatic carbocycles. The van der Waals surface area contributed by atoms with E-state index in [9.17, 15) is 20.0 Å². The van der Waals surface area contributed by atoms with Crippen LogP contribution >= 0.6 is 0 Å². The summed E-state index contributed by atoms with van der Waals surface area (Å²) in [7, 11) is 1.57. The molecule has 0 radical (unpaired) electrons. The number of aromatic nitrogens is 1. The molecule has 1 heterocycles. The van der Waals surface area contributed by atoms with Crippen LogP contribution in [0.2, 0.25) is 0 Å². The smallest absolute Gasteiger partial charge is 0.351 e. The van der Waals surface area contributed by atoms with E-state index in [-0.39, 0.29) is 17.1 Å². The first-order valence-electron chi connectivity index (χ1n) is 7.58. The maximum Gasteiger partial charge on any atom is 0.351 e. The number of nitrogens with zero attached hydrogens (tertiary/aromatic N) is 3. The lowest BCUT2D eigenvalue weighted by molar-refractivity contribution is -0.384. The minimum Gasteiger partial charge on any atom is -0.477 e. The van der Waals surface area contributed by atoms with Gasteiger partial charge in [-0.2, -0.15) is 0 Å². The van der Waals surface area contributed by atoms with Gasteiger partial charge in [0.15, 0.2) is 0 Å². The largest absolute Gasteiger partial charge is 0.477 e. The quantitative estimate of drug-likeness (QED) is 0.427. The Kier molecular flexibility index (Phi) is 4.25. The zero-order valence-corrected chi connectivity index (χ0v) is 13.7. The third kappa shape index (κ3) is 2.80. The predicted molar refractivity (Wildman–Crippen MR) is 96.2 cm³/mol. The number of aromatic carboxylic acids is 1. The van der Waals surface area contributed by atoms with Gasteiger partial charge < -0.3 is 9.67 Å². The second-order valence-electron chi connectivity index (χ2n) is 5.62. The number of nitro benzene ring substituents is 1. The zero-order chi connectivity index (χ0) is 18.8. The van der Waals surface area contributed by atoms with E-state index in [1.54, 1.807) is 49.5 Å². The Labute approximate surface area is 148 Å². The van der Waals surface area contributed by atoms with Crippen molar-refractivity contribution in [3.05, 3.63) is 82.0 Å².